The number of nitrogens with one attached hydrogen (secondary N) is 1. The number of amides is 2. The Morgan fingerprint density at radius 1 is 0.900 bits per heavy atom. The van der Waals surface area contributed by atoms with Crippen LogP contribution in [0.5, 0.6) is 5.75 Å². The number of ether oxygens (including phenoxy) is 1. The van der Waals surface area contributed by atoms with Crippen LogP contribution in [-0.4, -0.2) is 18.4 Å². The third kappa shape index (κ3) is 2.28. The lowest BCUT2D eigenvalue weighted by molar-refractivity contribution is 0.0879. The number of carbonyl (C=O) groups is 2. The fourth-order valence-corrected chi connectivity index (χ4v) is 2.29. The van der Waals surface area contributed by atoms with Gasteiger partial charge in [-0.3, -0.25) is 14.9 Å². The first-order chi connectivity index (χ1) is 9.75. The maximum atomic E-state index is 11.8. The zero-order chi connectivity index (χ0) is 13.9. The van der Waals surface area contributed by atoms with E-state index >= 15 is 0 Å². The molecule has 1 aliphatic rings. The Balaban J connectivity index is 1.73. The molecule has 1 heterocycles. The van der Waals surface area contributed by atoms with Crippen LogP contribution in [0.15, 0.2) is 48.5 Å². The van der Waals surface area contributed by atoms with Crippen LogP contribution in [0, 0.1) is 0 Å². The molecule has 2 amide bonds. The highest BCUT2D eigenvalue weighted by Gasteiger charge is 2.28. The van der Waals surface area contributed by atoms with Gasteiger partial charge in [-0.15, -0.1) is 0 Å². The zero-order valence-corrected chi connectivity index (χ0v) is 10.8. The molecule has 2 aromatic rings. The van der Waals surface area contributed by atoms with Crippen molar-refractivity contribution in [2.75, 3.05) is 6.61 Å². The van der Waals surface area contributed by atoms with Crippen molar-refractivity contribution in [2.45, 2.75) is 6.42 Å². The molecule has 0 saturated carbocycles. The third-order valence-electron chi connectivity index (χ3n) is 3.23. The van der Waals surface area contributed by atoms with Crippen molar-refractivity contribution < 1.29 is 14.3 Å². The van der Waals surface area contributed by atoms with Gasteiger partial charge in [-0.2, -0.15) is 0 Å². The molecule has 1 N–H and O–H groups in total. The number of imide groups is 1. The molecule has 0 radical (unpaired) electrons. The topological polar surface area (TPSA) is 55.4 Å². The van der Waals surface area contributed by atoms with E-state index in [0.29, 0.717) is 24.2 Å². The van der Waals surface area contributed by atoms with Gasteiger partial charge in [0.05, 0.1) is 17.7 Å². The van der Waals surface area contributed by atoms with Gasteiger partial charge in [-0.05, 0) is 23.8 Å². The number of fused-ring (bicyclic) bond motifs is 1. The summed E-state index contributed by atoms with van der Waals surface area (Å²) in [6.45, 7) is 0.460. The second-order valence-electron chi connectivity index (χ2n) is 4.53. The molecule has 0 bridgehead atoms. The van der Waals surface area contributed by atoms with Gasteiger partial charge in [0.15, 0.2) is 0 Å². The van der Waals surface area contributed by atoms with Crippen molar-refractivity contribution in [3.8, 4) is 5.75 Å². The van der Waals surface area contributed by atoms with Gasteiger partial charge in [0, 0.05) is 6.42 Å². The van der Waals surface area contributed by atoms with Gasteiger partial charge in [0.1, 0.15) is 5.75 Å². The second kappa shape index (κ2) is 5.17. The summed E-state index contributed by atoms with van der Waals surface area (Å²) < 4.78 is 5.62. The van der Waals surface area contributed by atoms with Gasteiger partial charge in [-0.25, -0.2) is 0 Å². The first-order valence-electron chi connectivity index (χ1n) is 6.41. The van der Waals surface area contributed by atoms with Gasteiger partial charge in [0.2, 0.25) is 0 Å². The SMILES string of the molecule is O=C1NC(=O)c2c(CCOc3ccccc3)cccc21. The largest absolute Gasteiger partial charge is 0.493 e. The number of rotatable bonds is 4. The number of hydrogen-bond acceptors (Lipinski definition) is 3. The monoisotopic (exact) mass is 267 g/mol. The molecule has 0 aromatic heterocycles. The van der Waals surface area contributed by atoms with E-state index in [2.05, 4.69) is 5.32 Å². The summed E-state index contributed by atoms with van der Waals surface area (Å²) in [5.41, 5.74) is 1.77. The lowest BCUT2D eigenvalue weighted by Crippen LogP contribution is -2.20. The number of para-hydroxylation sites is 1. The lowest BCUT2D eigenvalue weighted by Gasteiger charge is -2.08. The molecule has 0 saturated heterocycles. The lowest BCUT2D eigenvalue weighted by atomic mass is 10.0. The third-order valence-corrected chi connectivity index (χ3v) is 3.23. The summed E-state index contributed by atoms with van der Waals surface area (Å²) in [6.07, 6.45) is 0.582. The summed E-state index contributed by atoms with van der Waals surface area (Å²) in [5.74, 6) is 0.150. The van der Waals surface area contributed by atoms with Crippen molar-refractivity contribution in [1.82, 2.24) is 5.32 Å². The standard InChI is InChI=1S/C16H13NO3/c18-15-13-8-4-5-11(14(13)16(19)17-15)9-10-20-12-6-2-1-3-7-12/h1-8H,9-10H2,(H,17,18,19). The van der Waals surface area contributed by atoms with E-state index in [9.17, 15) is 9.59 Å². The Bertz CT molecular complexity index is 665. The van der Waals surface area contributed by atoms with Crippen LogP contribution in [-0.2, 0) is 6.42 Å². The van der Waals surface area contributed by atoms with Crippen LogP contribution in [0.3, 0.4) is 0 Å². The first kappa shape index (κ1) is 12.4. The highest BCUT2D eigenvalue weighted by Crippen LogP contribution is 2.20. The number of carbonyl (C=O) groups excluding carboxylic acids is 2. The molecule has 4 heteroatoms. The molecule has 0 aliphatic carbocycles. The molecule has 1 aliphatic heterocycles. The van der Waals surface area contributed by atoms with Crippen molar-refractivity contribution >= 4 is 11.8 Å². The maximum absolute atomic E-state index is 11.8. The normalized spacial score (nSPS) is 13.0. The number of hydrogen-bond donors (Lipinski definition) is 1. The second-order valence-corrected chi connectivity index (χ2v) is 4.53. The average Bonchev–Trinajstić information content (AvgIpc) is 2.76. The van der Waals surface area contributed by atoms with Crippen molar-refractivity contribution in [2.24, 2.45) is 0 Å². The van der Waals surface area contributed by atoms with Gasteiger partial charge < -0.3 is 4.74 Å². The minimum Gasteiger partial charge on any atom is -0.493 e. The molecule has 100 valence electrons. The van der Waals surface area contributed by atoms with E-state index in [1.807, 2.05) is 36.4 Å². The van der Waals surface area contributed by atoms with E-state index in [-0.39, 0.29) is 11.8 Å². The summed E-state index contributed by atoms with van der Waals surface area (Å²) in [4.78, 5) is 23.3. The molecule has 3 rings (SSSR count). The van der Waals surface area contributed by atoms with E-state index in [1.165, 1.54) is 0 Å². The van der Waals surface area contributed by atoms with E-state index < -0.39 is 0 Å². The Kier molecular flexibility index (Phi) is 3.21. The number of benzene rings is 2. The summed E-state index contributed by atoms with van der Waals surface area (Å²) in [5, 5.41) is 2.31. The molecular weight excluding hydrogens is 254 g/mol. The van der Waals surface area contributed by atoms with E-state index in [0.717, 1.165) is 11.3 Å². The highest BCUT2D eigenvalue weighted by molar-refractivity contribution is 6.22. The molecule has 4 nitrogen and oxygen atoms in total. The quantitative estimate of drug-likeness (QED) is 0.864. The molecule has 2 aromatic carbocycles. The Hall–Kier alpha value is -2.62. The van der Waals surface area contributed by atoms with Gasteiger partial charge in [0.25, 0.3) is 11.8 Å². The van der Waals surface area contributed by atoms with Gasteiger partial charge >= 0.3 is 0 Å². The summed E-state index contributed by atoms with van der Waals surface area (Å²) in [7, 11) is 0. The van der Waals surface area contributed by atoms with E-state index in [1.54, 1.807) is 12.1 Å². The molecule has 0 unspecified atom stereocenters. The highest BCUT2D eigenvalue weighted by atomic mass is 16.5. The van der Waals surface area contributed by atoms with E-state index in [4.69, 9.17) is 4.74 Å². The maximum Gasteiger partial charge on any atom is 0.259 e. The Morgan fingerprint density at radius 2 is 1.70 bits per heavy atom. The minimum atomic E-state index is -0.323. The Morgan fingerprint density at radius 3 is 2.50 bits per heavy atom. The molecule has 20 heavy (non-hydrogen) atoms. The van der Waals surface area contributed by atoms with Crippen molar-refractivity contribution in [3.63, 3.8) is 0 Å². The van der Waals surface area contributed by atoms with Crippen LogP contribution < -0.4 is 10.1 Å². The van der Waals surface area contributed by atoms with Gasteiger partial charge in [-0.1, -0.05) is 30.3 Å². The summed E-state index contributed by atoms with van der Waals surface area (Å²) in [6, 6.07) is 14.8. The fourth-order valence-electron chi connectivity index (χ4n) is 2.29. The first-order valence-corrected chi connectivity index (χ1v) is 6.41. The Labute approximate surface area is 116 Å². The van der Waals surface area contributed by atoms with Crippen LogP contribution in [0.2, 0.25) is 0 Å². The van der Waals surface area contributed by atoms with Crippen LogP contribution in [0.4, 0.5) is 0 Å². The predicted octanol–water partition coefficient (Wildman–Crippen LogP) is 2.19. The van der Waals surface area contributed by atoms with Crippen LogP contribution >= 0.6 is 0 Å². The van der Waals surface area contributed by atoms with Crippen molar-refractivity contribution in [1.29, 1.82) is 0 Å². The minimum absolute atomic E-state index is 0.319. The smallest absolute Gasteiger partial charge is 0.259 e. The molecule has 0 fully saturated rings. The zero-order valence-electron chi connectivity index (χ0n) is 10.8. The summed E-state index contributed by atoms with van der Waals surface area (Å²) >= 11 is 0. The predicted molar refractivity (Wildman–Crippen MR) is 73.9 cm³/mol. The molecule has 0 spiro atoms. The fraction of sp³-hybridized carbons (Fsp3) is 0.125. The molecular formula is C16H13NO3. The van der Waals surface area contributed by atoms with Crippen LogP contribution in [0.25, 0.3) is 0 Å². The molecule has 0 atom stereocenters. The van der Waals surface area contributed by atoms with Crippen molar-refractivity contribution in [3.05, 3.63) is 65.2 Å². The average molecular weight is 267 g/mol. The van der Waals surface area contributed by atoms with Crippen LogP contribution in [0.1, 0.15) is 26.3 Å².